The van der Waals surface area contributed by atoms with E-state index in [1.807, 2.05) is 6.07 Å². The minimum Gasteiger partial charge on any atom is -0.444 e. The molecule has 0 unspecified atom stereocenters. The molecule has 0 N–H and O–H groups in total. The molecule has 24 heavy (non-hydrogen) atoms. The van der Waals surface area contributed by atoms with E-state index in [-0.39, 0.29) is 5.91 Å². The summed E-state index contributed by atoms with van der Waals surface area (Å²) in [5, 5.41) is 0. The Kier molecular flexibility index (Phi) is 6.09. The molecule has 0 radical (unpaired) electrons. The molecule has 0 aliphatic heterocycles. The highest BCUT2D eigenvalue weighted by atomic mass is 16.5. The smallest absolute Gasteiger partial charge is 0.339 e. The number of nitrogens with zero attached hydrogens (tertiary/aromatic N) is 1. The third-order valence-corrected chi connectivity index (χ3v) is 3.49. The van der Waals surface area contributed by atoms with Gasteiger partial charge in [0.25, 0.3) is 5.91 Å². The molecule has 5 nitrogen and oxygen atoms in total. The number of esters is 1. The topological polar surface area (TPSA) is 55.8 Å². The summed E-state index contributed by atoms with van der Waals surface area (Å²) in [6.45, 7) is 0.473. The van der Waals surface area contributed by atoms with Crippen molar-refractivity contribution in [2.24, 2.45) is 0 Å². The Morgan fingerprint density at radius 1 is 1.00 bits per heavy atom. The summed E-state index contributed by atoms with van der Waals surface area (Å²) < 4.78 is 10.5. The van der Waals surface area contributed by atoms with Crippen LogP contribution >= 0.6 is 0 Å². The van der Waals surface area contributed by atoms with Crippen molar-refractivity contribution < 1.29 is 19.1 Å². The Hall–Kier alpha value is -2.66. The van der Waals surface area contributed by atoms with Crippen LogP contribution in [-0.4, -0.2) is 38.0 Å². The lowest BCUT2D eigenvalue weighted by Crippen LogP contribution is -2.31. The number of likely N-dealkylation sites (N-methyl/N-ethyl adjacent to an activating group) is 1. The van der Waals surface area contributed by atoms with E-state index in [0.717, 1.165) is 5.56 Å². The molecular weight excluding hydrogens is 306 g/mol. The molecule has 0 aliphatic carbocycles. The Morgan fingerprint density at radius 2 is 1.62 bits per heavy atom. The van der Waals surface area contributed by atoms with Gasteiger partial charge in [0.1, 0.15) is 0 Å². The fraction of sp³-hybridized carbons (Fsp3) is 0.263. The van der Waals surface area contributed by atoms with Crippen LogP contribution in [0.2, 0.25) is 0 Å². The second kappa shape index (κ2) is 8.26. The quantitative estimate of drug-likeness (QED) is 0.766. The van der Waals surface area contributed by atoms with E-state index in [4.69, 9.17) is 9.47 Å². The Bertz CT molecular complexity index is 680. The van der Waals surface area contributed by atoms with Crippen LogP contribution in [0.5, 0.6) is 0 Å². The molecule has 0 fully saturated rings. The van der Waals surface area contributed by atoms with Gasteiger partial charge in [0, 0.05) is 26.8 Å². The summed E-state index contributed by atoms with van der Waals surface area (Å²) >= 11 is 0. The Balaban J connectivity index is 2.19. The summed E-state index contributed by atoms with van der Waals surface area (Å²) in [5.41, 5.74) is 1.99. The lowest BCUT2D eigenvalue weighted by Gasteiger charge is -2.21. The van der Waals surface area contributed by atoms with Crippen molar-refractivity contribution in [3.05, 3.63) is 71.3 Å². The molecule has 0 aliphatic rings. The van der Waals surface area contributed by atoms with Crippen LogP contribution < -0.4 is 0 Å². The zero-order valence-corrected chi connectivity index (χ0v) is 14.1. The molecular formula is C19H21NO4. The van der Waals surface area contributed by atoms with Crippen molar-refractivity contribution in [1.82, 2.24) is 4.90 Å². The van der Waals surface area contributed by atoms with E-state index in [2.05, 4.69) is 0 Å². The molecule has 5 heteroatoms. The van der Waals surface area contributed by atoms with Crippen molar-refractivity contribution in [1.29, 1.82) is 0 Å². The van der Waals surface area contributed by atoms with Gasteiger partial charge in [-0.15, -0.1) is 0 Å². The zero-order chi connectivity index (χ0) is 17.5. The highest BCUT2D eigenvalue weighted by Gasteiger charge is 2.26. The van der Waals surface area contributed by atoms with Crippen molar-refractivity contribution >= 4 is 11.9 Å². The fourth-order valence-electron chi connectivity index (χ4n) is 2.20. The zero-order valence-electron chi connectivity index (χ0n) is 14.1. The largest absolute Gasteiger partial charge is 0.444 e. The number of carbonyl (C=O) groups excluding carboxylic acids is 2. The highest BCUT2D eigenvalue weighted by Crippen LogP contribution is 2.21. The van der Waals surface area contributed by atoms with Crippen molar-refractivity contribution in [3.63, 3.8) is 0 Å². The monoisotopic (exact) mass is 327 g/mol. The lowest BCUT2D eigenvalue weighted by molar-refractivity contribution is -0.138. The first-order chi connectivity index (χ1) is 11.5. The first kappa shape index (κ1) is 17.7. The normalized spacial score (nSPS) is 11.6. The molecule has 0 saturated carbocycles. The second-order valence-electron chi connectivity index (χ2n) is 5.56. The third-order valence-electron chi connectivity index (χ3n) is 3.49. The SMILES string of the molecule is COCc1ccc(C(=O)O[C@H](C(=O)N(C)C)c2ccccc2)cc1. The molecule has 126 valence electrons. The molecule has 0 heterocycles. The van der Waals surface area contributed by atoms with Crippen LogP contribution in [-0.2, 0) is 20.9 Å². The summed E-state index contributed by atoms with van der Waals surface area (Å²) in [4.78, 5) is 26.2. The molecule has 0 saturated heterocycles. The van der Waals surface area contributed by atoms with E-state index in [1.165, 1.54) is 4.90 Å². The molecule has 0 aromatic heterocycles. The molecule has 0 bridgehead atoms. The average Bonchev–Trinajstić information content (AvgIpc) is 2.60. The number of amides is 1. The number of hydrogen-bond acceptors (Lipinski definition) is 4. The van der Waals surface area contributed by atoms with Gasteiger partial charge in [-0.2, -0.15) is 0 Å². The van der Waals surface area contributed by atoms with Crippen molar-refractivity contribution in [3.8, 4) is 0 Å². The Labute approximate surface area is 141 Å². The van der Waals surface area contributed by atoms with Gasteiger partial charge < -0.3 is 14.4 Å². The van der Waals surface area contributed by atoms with E-state index in [0.29, 0.717) is 17.7 Å². The standard InChI is InChI=1S/C19H21NO4/c1-20(2)18(21)17(15-7-5-4-6-8-15)24-19(22)16-11-9-14(10-12-16)13-23-3/h4-12,17H,13H2,1-3H3/t17-/m0/s1. The highest BCUT2D eigenvalue weighted by molar-refractivity contribution is 5.92. The first-order valence-corrected chi connectivity index (χ1v) is 7.58. The molecule has 2 aromatic carbocycles. The van der Waals surface area contributed by atoms with E-state index >= 15 is 0 Å². The Morgan fingerprint density at radius 3 is 2.17 bits per heavy atom. The third kappa shape index (κ3) is 4.43. The number of methoxy groups -OCH3 is 1. The maximum Gasteiger partial charge on any atom is 0.339 e. The van der Waals surface area contributed by atoms with E-state index in [9.17, 15) is 9.59 Å². The minimum absolute atomic E-state index is 0.287. The number of rotatable bonds is 6. The van der Waals surface area contributed by atoms with E-state index in [1.54, 1.807) is 69.7 Å². The number of ether oxygens (including phenoxy) is 2. The van der Waals surface area contributed by atoms with Gasteiger partial charge >= 0.3 is 5.97 Å². The molecule has 2 aromatic rings. The summed E-state index contributed by atoms with van der Waals surface area (Å²) in [7, 11) is 4.87. The molecule has 1 atom stereocenters. The molecule has 2 rings (SSSR count). The predicted octanol–water partition coefficient (Wildman–Crippen LogP) is 2.82. The maximum atomic E-state index is 12.4. The van der Waals surface area contributed by atoms with Crippen molar-refractivity contribution in [2.75, 3.05) is 21.2 Å². The lowest BCUT2D eigenvalue weighted by atomic mass is 10.1. The second-order valence-corrected chi connectivity index (χ2v) is 5.56. The van der Waals surface area contributed by atoms with Crippen LogP contribution in [0.25, 0.3) is 0 Å². The molecule has 1 amide bonds. The van der Waals surface area contributed by atoms with Gasteiger partial charge in [-0.25, -0.2) is 4.79 Å². The summed E-state index contributed by atoms with van der Waals surface area (Å²) in [6, 6.07) is 15.9. The van der Waals surface area contributed by atoms with Crippen LogP contribution in [0.15, 0.2) is 54.6 Å². The van der Waals surface area contributed by atoms with Gasteiger partial charge in [-0.3, -0.25) is 4.79 Å². The fourth-order valence-corrected chi connectivity index (χ4v) is 2.20. The van der Waals surface area contributed by atoms with Gasteiger partial charge in [0.15, 0.2) is 0 Å². The van der Waals surface area contributed by atoms with Crippen LogP contribution in [0.4, 0.5) is 0 Å². The number of benzene rings is 2. The van der Waals surface area contributed by atoms with Crippen LogP contribution in [0.3, 0.4) is 0 Å². The first-order valence-electron chi connectivity index (χ1n) is 7.58. The minimum atomic E-state index is -0.965. The molecule has 0 spiro atoms. The van der Waals surface area contributed by atoms with E-state index < -0.39 is 12.1 Å². The summed E-state index contributed by atoms with van der Waals surface area (Å²) in [5.74, 6) is -0.825. The van der Waals surface area contributed by atoms with Gasteiger partial charge in [-0.05, 0) is 17.7 Å². The predicted molar refractivity (Wildman–Crippen MR) is 90.4 cm³/mol. The number of hydrogen-bond donors (Lipinski definition) is 0. The average molecular weight is 327 g/mol. The number of carbonyl (C=O) groups is 2. The van der Waals surface area contributed by atoms with Gasteiger partial charge in [0.2, 0.25) is 6.10 Å². The van der Waals surface area contributed by atoms with Gasteiger partial charge in [-0.1, -0.05) is 42.5 Å². The van der Waals surface area contributed by atoms with Crippen LogP contribution in [0, 0.1) is 0 Å². The maximum absolute atomic E-state index is 12.4. The van der Waals surface area contributed by atoms with Crippen LogP contribution in [0.1, 0.15) is 27.6 Å². The van der Waals surface area contributed by atoms with Crippen molar-refractivity contribution in [2.45, 2.75) is 12.7 Å². The summed E-state index contributed by atoms with van der Waals surface area (Å²) in [6.07, 6.45) is -0.965. The van der Waals surface area contributed by atoms with Gasteiger partial charge in [0.05, 0.1) is 12.2 Å².